The van der Waals surface area contributed by atoms with Gasteiger partial charge >= 0.3 is 39.5 Å². The Morgan fingerprint density at radius 3 is 0.723 bits per heavy atom. The molecule has 0 bridgehead atoms. The fourth-order valence-corrected chi connectivity index (χ4v) is 13.1. The largest absolute Gasteiger partial charge is 0.472 e. The van der Waals surface area contributed by atoms with E-state index in [9.17, 15) is 43.2 Å². The summed E-state index contributed by atoms with van der Waals surface area (Å²) in [6.45, 7) is 9.54. The highest BCUT2D eigenvalue weighted by Gasteiger charge is 2.30. The van der Waals surface area contributed by atoms with Crippen LogP contribution in [0.5, 0.6) is 0 Å². The smallest absolute Gasteiger partial charge is 0.462 e. The van der Waals surface area contributed by atoms with Gasteiger partial charge in [-0.25, -0.2) is 9.13 Å². The van der Waals surface area contributed by atoms with E-state index in [2.05, 4.69) is 41.5 Å². The number of hydrogen-bond acceptors (Lipinski definition) is 15. The van der Waals surface area contributed by atoms with Crippen molar-refractivity contribution in [3.05, 3.63) is 0 Å². The number of phosphoric acid groups is 2. The lowest BCUT2D eigenvalue weighted by molar-refractivity contribution is -0.161. The van der Waals surface area contributed by atoms with Gasteiger partial charge in [-0.2, -0.15) is 0 Å². The van der Waals surface area contributed by atoms with Gasteiger partial charge in [-0.05, 0) is 37.5 Å². The van der Waals surface area contributed by atoms with Gasteiger partial charge in [0.15, 0.2) is 12.2 Å². The number of aliphatic hydroxyl groups is 1. The molecule has 0 amide bonds. The lowest BCUT2D eigenvalue weighted by atomic mass is 10.0. The average molecular weight is 1380 g/mol. The van der Waals surface area contributed by atoms with Crippen LogP contribution < -0.4 is 0 Å². The molecule has 0 aliphatic carbocycles. The summed E-state index contributed by atoms with van der Waals surface area (Å²) in [7, 11) is -9.90. The van der Waals surface area contributed by atoms with Crippen LogP contribution in [0, 0.1) is 11.8 Å². The zero-order chi connectivity index (χ0) is 69.3. The number of rotatable bonds is 74. The van der Waals surface area contributed by atoms with Crippen molar-refractivity contribution in [2.75, 3.05) is 39.6 Å². The second-order valence-electron chi connectivity index (χ2n) is 28.0. The lowest BCUT2D eigenvalue weighted by Gasteiger charge is -2.21. The van der Waals surface area contributed by atoms with Gasteiger partial charge in [-0.15, -0.1) is 0 Å². The third-order valence-corrected chi connectivity index (χ3v) is 19.4. The highest BCUT2D eigenvalue weighted by atomic mass is 31.2. The van der Waals surface area contributed by atoms with Crippen molar-refractivity contribution in [3.63, 3.8) is 0 Å². The van der Waals surface area contributed by atoms with Crippen LogP contribution in [0.25, 0.3) is 0 Å². The van der Waals surface area contributed by atoms with Gasteiger partial charge in [0.25, 0.3) is 0 Å². The first kappa shape index (κ1) is 92.1. The van der Waals surface area contributed by atoms with E-state index in [1.54, 1.807) is 0 Å². The van der Waals surface area contributed by atoms with Crippen LogP contribution in [0.15, 0.2) is 0 Å². The molecule has 0 aromatic heterocycles. The van der Waals surface area contributed by atoms with E-state index in [1.807, 2.05) is 0 Å². The van der Waals surface area contributed by atoms with Crippen LogP contribution in [-0.2, 0) is 65.4 Å². The number of carbonyl (C=O) groups excluding carboxylic acids is 4. The normalized spacial score (nSPS) is 14.0. The molecule has 0 rings (SSSR count). The maximum atomic E-state index is 13.1. The molecular formula is C75H146O17P2. The van der Waals surface area contributed by atoms with E-state index in [0.29, 0.717) is 25.7 Å². The topological polar surface area (TPSA) is 237 Å². The van der Waals surface area contributed by atoms with E-state index < -0.39 is 97.5 Å². The third kappa shape index (κ3) is 68.6. The molecule has 2 unspecified atom stereocenters. The molecule has 19 heteroatoms. The highest BCUT2D eigenvalue weighted by molar-refractivity contribution is 7.47. The molecule has 5 atom stereocenters. The molecule has 0 heterocycles. The maximum absolute atomic E-state index is 13.1. The molecule has 0 fully saturated rings. The summed E-state index contributed by atoms with van der Waals surface area (Å²) < 4.78 is 68.4. The first-order chi connectivity index (χ1) is 45.4. The molecule has 94 heavy (non-hydrogen) atoms. The van der Waals surface area contributed by atoms with Gasteiger partial charge in [-0.1, -0.05) is 337 Å². The molecule has 0 radical (unpaired) electrons. The van der Waals surface area contributed by atoms with Crippen molar-refractivity contribution >= 4 is 39.5 Å². The molecule has 0 aliphatic heterocycles. The van der Waals surface area contributed by atoms with Gasteiger partial charge in [0.2, 0.25) is 0 Å². The summed E-state index contributed by atoms with van der Waals surface area (Å²) in [4.78, 5) is 72.7. The molecule has 0 spiro atoms. The summed E-state index contributed by atoms with van der Waals surface area (Å²) in [6.07, 6.45) is 54.3. The second kappa shape index (κ2) is 66.9. The number of phosphoric ester groups is 2. The van der Waals surface area contributed by atoms with Crippen molar-refractivity contribution in [1.29, 1.82) is 0 Å². The van der Waals surface area contributed by atoms with Crippen LogP contribution >= 0.6 is 15.6 Å². The minimum Gasteiger partial charge on any atom is -0.462 e. The van der Waals surface area contributed by atoms with Crippen LogP contribution in [0.2, 0.25) is 0 Å². The Bertz CT molecular complexity index is 1820. The van der Waals surface area contributed by atoms with Crippen molar-refractivity contribution in [2.45, 2.75) is 407 Å². The molecule has 0 aromatic carbocycles. The van der Waals surface area contributed by atoms with Crippen molar-refractivity contribution in [3.8, 4) is 0 Å². The number of aliphatic hydroxyl groups excluding tert-OH is 1. The van der Waals surface area contributed by atoms with E-state index in [-0.39, 0.29) is 25.7 Å². The molecule has 17 nitrogen and oxygen atoms in total. The van der Waals surface area contributed by atoms with Gasteiger partial charge in [-0.3, -0.25) is 37.3 Å². The molecule has 558 valence electrons. The Kier molecular flexibility index (Phi) is 65.5. The van der Waals surface area contributed by atoms with Gasteiger partial charge in [0.1, 0.15) is 19.3 Å². The number of esters is 4. The first-order valence-corrected chi connectivity index (χ1v) is 42.0. The van der Waals surface area contributed by atoms with Crippen molar-refractivity contribution in [2.24, 2.45) is 11.8 Å². The molecule has 0 aliphatic rings. The van der Waals surface area contributed by atoms with E-state index in [4.69, 9.17) is 37.0 Å². The van der Waals surface area contributed by atoms with Crippen LogP contribution in [0.3, 0.4) is 0 Å². The fourth-order valence-electron chi connectivity index (χ4n) is 11.5. The second-order valence-corrected chi connectivity index (χ2v) is 30.9. The number of ether oxygens (including phenoxy) is 4. The predicted octanol–water partition coefficient (Wildman–Crippen LogP) is 21.9. The maximum Gasteiger partial charge on any atom is 0.472 e. The summed E-state index contributed by atoms with van der Waals surface area (Å²) >= 11 is 0. The summed E-state index contributed by atoms with van der Waals surface area (Å²) in [6, 6.07) is 0. The quantitative estimate of drug-likeness (QED) is 0.0222. The Hall–Kier alpha value is -1.94. The Balaban J connectivity index is 5.19. The highest BCUT2D eigenvalue weighted by Crippen LogP contribution is 2.45. The Labute approximate surface area is 575 Å². The minimum atomic E-state index is -4.96. The minimum absolute atomic E-state index is 0.105. The Morgan fingerprint density at radius 1 is 0.287 bits per heavy atom. The molecular weight excluding hydrogens is 1230 g/mol. The van der Waals surface area contributed by atoms with Crippen LogP contribution in [0.1, 0.15) is 388 Å². The van der Waals surface area contributed by atoms with E-state index in [1.165, 1.54) is 199 Å². The number of unbranched alkanes of at least 4 members (excludes halogenated alkanes) is 44. The predicted molar refractivity (Wildman–Crippen MR) is 381 cm³/mol. The Morgan fingerprint density at radius 2 is 0.489 bits per heavy atom. The van der Waals surface area contributed by atoms with Gasteiger partial charge < -0.3 is 33.8 Å². The monoisotopic (exact) mass is 1380 g/mol. The third-order valence-electron chi connectivity index (χ3n) is 17.5. The van der Waals surface area contributed by atoms with Crippen LogP contribution in [-0.4, -0.2) is 96.7 Å². The van der Waals surface area contributed by atoms with Crippen molar-refractivity contribution in [1.82, 2.24) is 0 Å². The first-order valence-electron chi connectivity index (χ1n) is 39.0. The average Bonchev–Trinajstić information content (AvgIpc) is 1.43. The van der Waals surface area contributed by atoms with Gasteiger partial charge in [0.05, 0.1) is 26.4 Å². The van der Waals surface area contributed by atoms with Crippen molar-refractivity contribution < 1.29 is 80.2 Å². The summed E-state index contributed by atoms with van der Waals surface area (Å²) in [5, 5.41) is 10.6. The zero-order valence-corrected chi connectivity index (χ0v) is 63.1. The van der Waals surface area contributed by atoms with E-state index in [0.717, 1.165) is 108 Å². The number of carbonyl (C=O) groups is 4. The van der Waals surface area contributed by atoms with Crippen LogP contribution in [0.4, 0.5) is 0 Å². The molecule has 3 N–H and O–H groups in total. The standard InChI is InChI=1S/C75H146O17P2/c1-7-9-11-13-15-17-18-19-20-21-22-23-24-25-26-29-35-41-47-53-59-74(79)91-71(64-86-73(78)58-52-46-40-34-30-27-28-32-37-43-49-55-67(3)4)66-90-94(83,84)88-62-69(76)61-87-93(81,82)89-65-70(63-85-72(77)57-51-45-39-16-14-12-10-8-2)92-75(80)60-54-48-42-36-31-33-38-44-50-56-68(5)6/h67-71,76H,7-66H2,1-6H3,(H,81,82)(H,83,84)/t69-,70+,71+/m0/s1. The van der Waals surface area contributed by atoms with E-state index >= 15 is 0 Å². The fraction of sp³-hybridized carbons (Fsp3) is 0.947. The van der Waals surface area contributed by atoms with Gasteiger partial charge in [0, 0.05) is 25.7 Å². The lowest BCUT2D eigenvalue weighted by Crippen LogP contribution is -2.30. The summed E-state index contributed by atoms with van der Waals surface area (Å²) in [5.74, 6) is -0.613. The SMILES string of the molecule is CCCCCCCCCCCCCCCCCCCCCCC(=O)O[C@H](COC(=O)CCCCCCCCCCCCCC(C)C)COP(=O)(O)OC[C@@H](O)COP(=O)(O)OC[C@@H](COC(=O)CCCCCCCCCC)OC(=O)CCCCCCCCCCCC(C)C. The molecule has 0 saturated carbocycles. The molecule has 0 aromatic rings. The number of hydrogen-bond donors (Lipinski definition) is 3. The summed E-state index contributed by atoms with van der Waals surface area (Å²) in [5.41, 5.74) is 0. The zero-order valence-electron chi connectivity index (χ0n) is 61.3. The molecule has 0 saturated heterocycles.